The summed E-state index contributed by atoms with van der Waals surface area (Å²) in [6.45, 7) is 0.623. The van der Waals surface area contributed by atoms with E-state index in [1.807, 2.05) is 23.9 Å². The lowest BCUT2D eigenvalue weighted by Gasteiger charge is -2.32. The fourth-order valence-corrected chi connectivity index (χ4v) is 6.88. The van der Waals surface area contributed by atoms with E-state index >= 15 is 0 Å². The molecule has 1 saturated heterocycles. The van der Waals surface area contributed by atoms with Crippen LogP contribution in [0.3, 0.4) is 0 Å². The molecule has 0 radical (unpaired) electrons. The van der Waals surface area contributed by atoms with Gasteiger partial charge in [0.25, 0.3) is 0 Å². The standard InChI is InChI=1S/C23H28N2O5S2/c1-29-20-8-7-17(15-21(20)30-2)32(27,28)25-12-9-16(10-13-25)23(26)24-19-11-14-31-22-6-4-3-5-18(19)22/h3-8,15-16,19H,9-14H2,1-2H3,(H,24,26)/t19-/m0/s1. The van der Waals surface area contributed by atoms with E-state index < -0.39 is 10.0 Å². The topological polar surface area (TPSA) is 84.9 Å². The predicted octanol–water partition coefficient (Wildman–Crippen LogP) is 3.46. The molecule has 2 aliphatic heterocycles. The van der Waals surface area contributed by atoms with E-state index in [-0.39, 0.29) is 22.8 Å². The molecule has 4 rings (SSSR count). The fraction of sp³-hybridized carbons (Fsp3) is 0.435. The maximum Gasteiger partial charge on any atom is 0.243 e. The molecule has 32 heavy (non-hydrogen) atoms. The van der Waals surface area contributed by atoms with Gasteiger partial charge in [-0.05, 0) is 43.0 Å². The number of hydrogen-bond acceptors (Lipinski definition) is 6. The van der Waals surface area contributed by atoms with Gasteiger partial charge >= 0.3 is 0 Å². The van der Waals surface area contributed by atoms with Crippen LogP contribution in [0.1, 0.15) is 30.9 Å². The number of amides is 1. The molecule has 1 fully saturated rings. The van der Waals surface area contributed by atoms with Gasteiger partial charge in [-0.15, -0.1) is 11.8 Å². The van der Waals surface area contributed by atoms with Crippen molar-refractivity contribution in [1.82, 2.24) is 9.62 Å². The molecule has 1 N–H and O–H groups in total. The van der Waals surface area contributed by atoms with Crippen molar-refractivity contribution in [2.75, 3.05) is 33.1 Å². The number of nitrogens with one attached hydrogen (secondary N) is 1. The third kappa shape index (κ3) is 4.60. The maximum atomic E-state index is 13.1. The van der Waals surface area contributed by atoms with Crippen molar-refractivity contribution < 1.29 is 22.7 Å². The number of hydrogen-bond donors (Lipinski definition) is 1. The Morgan fingerprint density at radius 3 is 2.47 bits per heavy atom. The van der Waals surface area contributed by atoms with Crippen molar-refractivity contribution in [2.24, 2.45) is 5.92 Å². The Bertz CT molecular complexity index is 1080. The Kier molecular flexibility index (Phi) is 6.97. The van der Waals surface area contributed by atoms with Gasteiger partial charge in [0.2, 0.25) is 15.9 Å². The molecule has 1 amide bonds. The van der Waals surface area contributed by atoms with E-state index in [9.17, 15) is 13.2 Å². The molecule has 7 nitrogen and oxygen atoms in total. The maximum absolute atomic E-state index is 13.1. The molecule has 0 bridgehead atoms. The number of rotatable bonds is 6. The number of ether oxygens (including phenoxy) is 2. The summed E-state index contributed by atoms with van der Waals surface area (Å²) in [7, 11) is -0.692. The van der Waals surface area contributed by atoms with E-state index in [0.29, 0.717) is 37.4 Å². The number of fused-ring (bicyclic) bond motifs is 1. The van der Waals surface area contributed by atoms with Crippen LogP contribution in [-0.2, 0) is 14.8 Å². The highest BCUT2D eigenvalue weighted by Gasteiger charge is 2.34. The summed E-state index contributed by atoms with van der Waals surface area (Å²) in [4.78, 5) is 14.3. The fourth-order valence-electron chi connectivity index (χ4n) is 4.27. The zero-order chi connectivity index (χ0) is 22.7. The molecule has 1 atom stereocenters. The summed E-state index contributed by atoms with van der Waals surface area (Å²) >= 11 is 1.82. The highest BCUT2D eigenvalue weighted by Crippen LogP contribution is 2.36. The summed E-state index contributed by atoms with van der Waals surface area (Å²) in [6, 6.07) is 12.8. The Hall–Kier alpha value is -2.23. The SMILES string of the molecule is COc1ccc(S(=O)(=O)N2CCC(C(=O)N[C@H]3CCSc4ccccc43)CC2)cc1OC. The quantitative estimate of drug-likeness (QED) is 0.687. The van der Waals surface area contributed by atoms with E-state index in [1.54, 1.807) is 6.07 Å². The lowest BCUT2D eigenvalue weighted by atomic mass is 9.95. The number of carbonyl (C=O) groups is 1. The summed E-state index contributed by atoms with van der Waals surface area (Å²) in [5, 5.41) is 3.21. The average Bonchev–Trinajstić information content (AvgIpc) is 2.83. The van der Waals surface area contributed by atoms with E-state index in [4.69, 9.17) is 9.47 Å². The van der Waals surface area contributed by atoms with Crippen molar-refractivity contribution in [3.63, 3.8) is 0 Å². The third-order valence-corrected chi connectivity index (χ3v) is 9.11. The van der Waals surface area contributed by atoms with Gasteiger partial charge in [-0.1, -0.05) is 18.2 Å². The first-order chi connectivity index (χ1) is 15.4. The van der Waals surface area contributed by atoms with Gasteiger partial charge in [0, 0.05) is 35.7 Å². The van der Waals surface area contributed by atoms with Gasteiger partial charge in [0.15, 0.2) is 11.5 Å². The Balaban J connectivity index is 1.39. The zero-order valence-electron chi connectivity index (χ0n) is 18.2. The first-order valence-corrected chi connectivity index (χ1v) is 13.1. The molecule has 2 aromatic carbocycles. The second-order valence-electron chi connectivity index (χ2n) is 7.93. The molecule has 9 heteroatoms. The normalized spacial score (nSPS) is 19.8. The second-order valence-corrected chi connectivity index (χ2v) is 11.0. The van der Waals surface area contributed by atoms with Gasteiger partial charge in [-0.2, -0.15) is 4.31 Å². The molecule has 2 aliphatic rings. The van der Waals surface area contributed by atoms with Crippen LogP contribution >= 0.6 is 11.8 Å². The minimum atomic E-state index is -3.67. The highest BCUT2D eigenvalue weighted by atomic mass is 32.2. The number of carbonyl (C=O) groups excluding carboxylic acids is 1. The van der Waals surface area contributed by atoms with Crippen LogP contribution in [0.5, 0.6) is 11.5 Å². The average molecular weight is 477 g/mol. The summed E-state index contributed by atoms with van der Waals surface area (Å²) in [5.41, 5.74) is 1.17. The zero-order valence-corrected chi connectivity index (χ0v) is 19.9. The highest BCUT2D eigenvalue weighted by molar-refractivity contribution is 7.99. The van der Waals surface area contributed by atoms with Crippen molar-refractivity contribution in [3.05, 3.63) is 48.0 Å². The lowest BCUT2D eigenvalue weighted by Crippen LogP contribution is -2.44. The van der Waals surface area contributed by atoms with E-state index in [1.165, 1.54) is 41.1 Å². The molecule has 0 unspecified atom stereocenters. The molecule has 0 spiro atoms. The number of piperidine rings is 1. The first-order valence-electron chi connectivity index (χ1n) is 10.7. The predicted molar refractivity (Wildman–Crippen MR) is 124 cm³/mol. The van der Waals surface area contributed by atoms with Crippen molar-refractivity contribution in [2.45, 2.75) is 35.1 Å². The van der Waals surface area contributed by atoms with Crippen molar-refractivity contribution in [1.29, 1.82) is 0 Å². The second kappa shape index (κ2) is 9.72. The van der Waals surface area contributed by atoms with Gasteiger partial charge < -0.3 is 14.8 Å². The number of methoxy groups -OCH3 is 2. The monoisotopic (exact) mass is 476 g/mol. The number of thioether (sulfide) groups is 1. The Labute approximate surface area is 193 Å². The summed E-state index contributed by atoms with van der Waals surface area (Å²) in [5.74, 6) is 1.65. The molecule has 0 aromatic heterocycles. The van der Waals surface area contributed by atoms with Gasteiger partial charge in [0.1, 0.15) is 0 Å². The molecule has 2 heterocycles. The largest absolute Gasteiger partial charge is 0.493 e. The number of sulfonamides is 1. The van der Waals surface area contributed by atoms with Crippen LogP contribution in [-0.4, -0.2) is 51.7 Å². The third-order valence-electron chi connectivity index (χ3n) is 6.09. The van der Waals surface area contributed by atoms with Crippen LogP contribution in [0.2, 0.25) is 0 Å². The minimum absolute atomic E-state index is 0.0138. The van der Waals surface area contributed by atoms with Gasteiger partial charge in [-0.3, -0.25) is 4.79 Å². The Morgan fingerprint density at radius 1 is 1.03 bits per heavy atom. The summed E-state index contributed by atoms with van der Waals surface area (Å²) < 4.78 is 38.1. The summed E-state index contributed by atoms with van der Waals surface area (Å²) in [6.07, 6.45) is 1.91. The Morgan fingerprint density at radius 2 is 1.75 bits per heavy atom. The van der Waals surface area contributed by atoms with Crippen molar-refractivity contribution >= 4 is 27.7 Å². The molecule has 0 saturated carbocycles. The molecule has 0 aliphatic carbocycles. The van der Waals surface area contributed by atoms with Crippen LogP contribution in [0.25, 0.3) is 0 Å². The van der Waals surface area contributed by atoms with Crippen molar-refractivity contribution in [3.8, 4) is 11.5 Å². The first kappa shape index (κ1) is 22.9. The van der Waals surface area contributed by atoms with Gasteiger partial charge in [0.05, 0.1) is 25.2 Å². The van der Waals surface area contributed by atoms with Crippen LogP contribution < -0.4 is 14.8 Å². The van der Waals surface area contributed by atoms with E-state index in [2.05, 4.69) is 17.4 Å². The number of benzene rings is 2. The molecular formula is C23H28N2O5S2. The smallest absolute Gasteiger partial charge is 0.243 e. The van der Waals surface area contributed by atoms with Crippen LogP contribution in [0, 0.1) is 5.92 Å². The van der Waals surface area contributed by atoms with Gasteiger partial charge in [-0.25, -0.2) is 8.42 Å². The van der Waals surface area contributed by atoms with Crippen LogP contribution in [0.4, 0.5) is 0 Å². The lowest BCUT2D eigenvalue weighted by molar-refractivity contribution is -0.126. The molecular weight excluding hydrogens is 448 g/mol. The molecule has 2 aromatic rings. The van der Waals surface area contributed by atoms with E-state index in [0.717, 1.165) is 12.2 Å². The number of nitrogens with zero attached hydrogens (tertiary/aromatic N) is 1. The van der Waals surface area contributed by atoms with Crippen LogP contribution in [0.15, 0.2) is 52.3 Å². The minimum Gasteiger partial charge on any atom is -0.493 e. The molecule has 172 valence electrons.